The Bertz CT molecular complexity index is 219. The zero-order chi connectivity index (χ0) is 8.15. The number of azide groups is 1. The fraction of sp³-hybridized carbons (Fsp3) is 0.500. The van der Waals surface area contributed by atoms with Gasteiger partial charge < -0.3 is 0 Å². The molecule has 0 aromatic carbocycles. The second-order valence-corrected chi connectivity index (χ2v) is 2.12. The van der Waals surface area contributed by atoms with Crippen LogP contribution >= 0.6 is 0 Å². The highest BCUT2D eigenvalue weighted by atomic mass is 16.1. The van der Waals surface area contributed by atoms with Crippen LogP contribution in [0.15, 0.2) is 16.3 Å². The summed E-state index contributed by atoms with van der Waals surface area (Å²) in [7, 11) is 0. The second kappa shape index (κ2) is 3.69. The highest BCUT2D eigenvalue weighted by molar-refractivity contribution is 5.94. The molecule has 0 bridgehead atoms. The molecule has 0 fully saturated rings. The van der Waals surface area contributed by atoms with E-state index in [1.807, 2.05) is 0 Å². The monoisotopic (exact) mass is 139 g/mol. The summed E-state index contributed by atoms with van der Waals surface area (Å²) in [6.45, 7) is 5.21. The van der Waals surface area contributed by atoms with Crippen molar-refractivity contribution in [2.24, 2.45) is 5.11 Å². The summed E-state index contributed by atoms with van der Waals surface area (Å²) in [6.07, 6.45) is 0. The maximum Gasteiger partial charge on any atom is 0.244 e. The van der Waals surface area contributed by atoms with E-state index < -0.39 is 5.91 Å². The Morgan fingerprint density at radius 1 is 1.40 bits per heavy atom. The number of nitrogens with zero attached hydrogens (tertiary/aromatic N) is 3. The van der Waals surface area contributed by atoms with Crippen molar-refractivity contribution in [2.75, 3.05) is 0 Å². The van der Waals surface area contributed by atoms with Crippen LogP contribution in [0.4, 0.5) is 0 Å². The Hall–Kier alpha value is -1.28. The van der Waals surface area contributed by atoms with Gasteiger partial charge >= 0.3 is 0 Å². The van der Waals surface area contributed by atoms with Gasteiger partial charge in [0.05, 0.1) is 0 Å². The standard InChI is InChI=1S/C6H9N3O/c1-4(2)5(3)6(10)8-9-7/h1-3H3. The summed E-state index contributed by atoms with van der Waals surface area (Å²) >= 11 is 0. The van der Waals surface area contributed by atoms with Gasteiger partial charge in [0.1, 0.15) is 0 Å². The lowest BCUT2D eigenvalue weighted by atomic mass is 10.2. The van der Waals surface area contributed by atoms with Crippen molar-refractivity contribution in [3.63, 3.8) is 0 Å². The van der Waals surface area contributed by atoms with E-state index in [1.165, 1.54) is 0 Å². The van der Waals surface area contributed by atoms with E-state index in [9.17, 15) is 4.79 Å². The SMILES string of the molecule is CC(C)=C(C)C(=O)N=[N+]=[N-]. The Morgan fingerprint density at radius 3 is 2.20 bits per heavy atom. The average molecular weight is 139 g/mol. The van der Waals surface area contributed by atoms with E-state index in [2.05, 4.69) is 10.0 Å². The Labute approximate surface area is 59.2 Å². The number of allylic oxidation sites excluding steroid dienone is 1. The summed E-state index contributed by atoms with van der Waals surface area (Å²) in [5.74, 6) is -0.498. The predicted octanol–water partition coefficient (Wildman–Crippen LogP) is 2.18. The molecule has 1 amide bonds. The van der Waals surface area contributed by atoms with Gasteiger partial charge in [-0.3, -0.25) is 4.79 Å². The first-order valence-corrected chi connectivity index (χ1v) is 2.83. The van der Waals surface area contributed by atoms with Crippen LogP contribution in [0.5, 0.6) is 0 Å². The molecule has 0 heterocycles. The molecule has 0 spiro atoms. The Balaban J connectivity index is 4.53. The molecule has 0 atom stereocenters. The van der Waals surface area contributed by atoms with Crippen molar-refractivity contribution < 1.29 is 4.79 Å². The van der Waals surface area contributed by atoms with E-state index in [0.29, 0.717) is 5.57 Å². The topological polar surface area (TPSA) is 65.8 Å². The van der Waals surface area contributed by atoms with Gasteiger partial charge in [-0.1, -0.05) is 5.57 Å². The van der Waals surface area contributed by atoms with Crippen LogP contribution in [-0.4, -0.2) is 5.91 Å². The number of amides is 1. The molecule has 0 aromatic heterocycles. The van der Waals surface area contributed by atoms with Gasteiger partial charge in [-0.05, 0) is 37.0 Å². The van der Waals surface area contributed by atoms with Crippen LogP contribution in [0, 0.1) is 0 Å². The zero-order valence-corrected chi connectivity index (χ0v) is 6.25. The van der Waals surface area contributed by atoms with Crippen molar-refractivity contribution in [1.29, 1.82) is 0 Å². The fourth-order valence-electron chi connectivity index (χ4n) is 0.329. The number of carbonyl (C=O) groups is 1. The Kier molecular flexibility index (Phi) is 3.22. The summed E-state index contributed by atoms with van der Waals surface area (Å²) in [5, 5.41) is 2.93. The van der Waals surface area contributed by atoms with Crippen molar-refractivity contribution in [3.05, 3.63) is 21.6 Å². The van der Waals surface area contributed by atoms with Gasteiger partial charge in [-0.25, -0.2) is 0 Å². The van der Waals surface area contributed by atoms with Gasteiger partial charge in [0.2, 0.25) is 5.91 Å². The molecule has 0 saturated heterocycles. The minimum Gasteiger partial charge on any atom is -0.287 e. The van der Waals surface area contributed by atoms with Gasteiger partial charge in [-0.15, -0.1) is 0 Å². The number of hydrogen-bond donors (Lipinski definition) is 0. The van der Waals surface area contributed by atoms with Gasteiger partial charge in [0, 0.05) is 4.91 Å². The van der Waals surface area contributed by atoms with Gasteiger partial charge in [0.25, 0.3) is 0 Å². The van der Waals surface area contributed by atoms with Crippen LogP contribution in [0.2, 0.25) is 0 Å². The lowest BCUT2D eigenvalue weighted by Gasteiger charge is -1.94. The summed E-state index contributed by atoms with van der Waals surface area (Å²) in [6, 6.07) is 0. The first-order chi connectivity index (χ1) is 4.59. The normalized spacial score (nSPS) is 7.90. The zero-order valence-electron chi connectivity index (χ0n) is 6.25. The molecule has 10 heavy (non-hydrogen) atoms. The molecule has 0 aromatic rings. The fourth-order valence-corrected chi connectivity index (χ4v) is 0.329. The minimum atomic E-state index is -0.498. The quantitative estimate of drug-likeness (QED) is 0.237. The Morgan fingerprint density at radius 2 is 1.90 bits per heavy atom. The molecule has 0 unspecified atom stereocenters. The number of carbonyl (C=O) groups excluding carboxylic acids is 1. The smallest absolute Gasteiger partial charge is 0.244 e. The molecular weight excluding hydrogens is 130 g/mol. The molecule has 0 radical (unpaired) electrons. The van der Waals surface area contributed by atoms with Crippen LogP contribution in [-0.2, 0) is 4.79 Å². The van der Waals surface area contributed by atoms with Crippen LogP contribution < -0.4 is 0 Å². The first-order valence-electron chi connectivity index (χ1n) is 2.83. The minimum absolute atomic E-state index is 0.498. The highest BCUT2D eigenvalue weighted by Crippen LogP contribution is 2.03. The lowest BCUT2D eigenvalue weighted by Crippen LogP contribution is -1.94. The third-order valence-corrected chi connectivity index (χ3v) is 1.21. The van der Waals surface area contributed by atoms with Crippen LogP contribution in [0.3, 0.4) is 0 Å². The van der Waals surface area contributed by atoms with Crippen molar-refractivity contribution >= 4 is 5.91 Å². The third kappa shape index (κ3) is 2.33. The number of rotatable bonds is 1. The van der Waals surface area contributed by atoms with E-state index in [4.69, 9.17) is 5.53 Å². The van der Waals surface area contributed by atoms with Crippen LogP contribution in [0.1, 0.15) is 20.8 Å². The molecule has 0 aliphatic rings. The number of hydrogen-bond acceptors (Lipinski definition) is 1. The first kappa shape index (κ1) is 8.72. The molecule has 0 saturated carbocycles. The van der Waals surface area contributed by atoms with Crippen LogP contribution in [0.25, 0.3) is 10.4 Å². The summed E-state index contributed by atoms with van der Waals surface area (Å²) in [4.78, 5) is 13.1. The second-order valence-electron chi connectivity index (χ2n) is 2.12. The van der Waals surface area contributed by atoms with Crippen molar-refractivity contribution in [3.8, 4) is 0 Å². The highest BCUT2D eigenvalue weighted by Gasteiger charge is 2.00. The van der Waals surface area contributed by atoms with Crippen molar-refractivity contribution in [1.82, 2.24) is 0 Å². The molecule has 4 heteroatoms. The van der Waals surface area contributed by atoms with E-state index in [1.54, 1.807) is 20.8 Å². The molecule has 54 valence electrons. The largest absolute Gasteiger partial charge is 0.287 e. The summed E-state index contributed by atoms with van der Waals surface area (Å²) < 4.78 is 0. The molecule has 0 aliphatic carbocycles. The maximum absolute atomic E-state index is 10.7. The van der Waals surface area contributed by atoms with E-state index in [-0.39, 0.29) is 0 Å². The van der Waals surface area contributed by atoms with Crippen molar-refractivity contribution in [2.45, 2.75) is 20.8 Å². The van der Waals surface area contributed by atoms with Gasteiger partial charge in [0.15, 0.2) is 0 Å². The van der Waals surface area contributed by atoms with Gasteiger partial charge in [-0.2, -0.15) is 0 Å². The van der Waals surface area contributed by atoms with E-state index in [0.717, 1.165) is 5.57 Å². The van der Waals surface area contributed by atoms with E-state index >= 15 is 0 Å². The maximum atomic E-state index is 10.7. The molecule has 0 rings (SSSR count). The molecular formula is C6H9N3O. The predicted molar refractivity (Wildman–Crippen MR) is 38.2 cm³/mol. The summed E-state index contributed by atoms with van der Waals surface area (Å²) in [5.41, 5.74) is 9.27. The average Bonchev–Trinajstić information content (AvgIpc) is 1.87. The molecule has 0 aliphatic heterocycles. The third-order valence-electron chi connectivity index (χ3n) is 1.21. The lowest BCUT2D eigenvalue weighted by molar-refractivity contribution is -0.114. The molecule has 0 N–H and O–H groups in total. The molecule has 4 nitrogen and oxygen atoms in total.